The summed E-state index contributed by atoms with van der Waals surface area (Å²) in [5, 5.41) is 5.98. The number of nitrogens with one attached hydrogen (secondary N) is 1. The number of nitrogens with zero attached hydrogens (tertiary/aromatic N) is 4. The zero-order valence-corrected chi connectivity index (χ0v) is 26.6. The van der Waals surface area contributed by atoms with Gasteiger partial charge in [-0.2, -0.15) is 5.10 Å². The Labute approximate surface area is 240 Å². The van der Waals surface area contributed by atoms with E-state index in [2.05, 4.69) is 69.7 Å². The Balaban J connectivity index is 1.71. The van der Waals surface area contributed by atoms with Gasteiger partial charge in [0, 0.05) is 18.3 Å². The van der Waals surface area contributed by atoms with E-state index in [0.29, 0.717) is 24.1 Å². The second-order valence-corrected chi connectivity index (χ2v) is 18.8. The molecular weight excluding hydrogens is 542 g/mol. The molecule has 1 aromatic carbocycles. The third kappa shape index (κ3) is 6.71. The number of carbonyl (C=O) groups is 1. The van der Waals surface area contributed by atoms with Crippen LogP contribution in [0.1, 0.15) is 64.7 Å². The molecule has 40 heavy (non-hydrogen) atoms. The van der Waals surface area contributed by atoms with Gasteiger partial charge in [-0.05, 0) is 86.6 Å². The number of anilines is 1. The lowest BCUT2D eigenvalue weighted by Crippen LogP contribution is -2.41. The van der Waals surface area contributed by atoms with Crippen LogP contribution in [0, 0.1) is 11.3 Å². The molecule has 2 aromatic heterocycles. The van der Waals surface area contributed by atoms with Crippen molar-refractivity contribution in [2.24, 2.45) is 11.3 Å². The molecule has 1 N–H and O–H groups in total. The summed E-state index contributed by atoms with van der Waals surface area (Å²) >= 11 is 0. The highest BCUT2D eigenvalue weighted by Gasteiger charge is 2.39. The van der Waals surface area contributed by atoms with Gasteiger partial charge < -0.3 is 4.90 Å². The van der Waals surface area contributed by atoms with Gasteiger partial charge >= 0.3 is 0 Å². The number of benzene rings is 1. The average Bonchev–Trinajstić information content (AvgIpc) is 3.47. The van der Waals surface area contributed by atoms with Crippen molar-refractivity contribution in [2.75, 3.05) is 29.7 Å². The maximum Gasteiger partial charge on any atom is 0.268 e. The molecule has 1 aliphatic rings. The molecule has 1 atom stereocenters. The van der Waals surface area contributed by atoms with Crippen LogP contribution in [0.2, 0.25) is 0 Å². The van der Waals surface area contributed by atoms with Crippen LogP contribution < -0.4 is 9.62 Å². The number of carbonyl (C=O) groups excluding carboxylic acids is 1. The average molecular weight is 586 g/mol. The van der Waals surface area contributed by atoms with E-state index < -0.39 is 26.0 Å². The molecule has 3 heterocycles. The minimum atomic E-state index is -4.04. The van der Waals surface area contributed by atoms with Crippen LogP contribution in [-0.2, 0) is 10.0 Å². The van der Waals surface area contributed by atoms with E-state index in [1.54, 1.807) is 35.0 Å². The quantitative estimate of drug-likeness (QED) is 0.355. The standard InChI is InChI=1S/C30H43N5O3S2/c1-22-20-30(5,6)34(21-22)27-24(28(36)33-40(37,38)23-12-10-9-11-13-23)14-15-25(31-27)35-18-16-26(32-35)39(7,8)19-17-29(2,3)4/h9-16,18,22H,17,19-21H2,1-8H3,(H,33,36)/t22-/m0/s1. The molecule has 0 saturated carbocycles. The number of rotatable bonds is 8. The Morgan fingerprint density at radius 2 is 1.75 bits per heavy atom. The first kappa shape index (κ1) is 30.1. The molecule has 0 aliphatic carbocycles. The van der Waals surface area contributed by atoms with E-state index in [1.165, 1.54) is 12.1 Å². The maximum absolute atomic E-state index is 13.5. The third-order valence-electron chi connectivity index (χ3n) is 7.44. The fourth-order valence-corrected chi connectivity index (χ4v) is 8.20. The molecule has 0 radical (unpaired) electrons. The van der Waals surface area contributed by atoms with Crippen molar-refractivity contribution >= 4 is 31.8 Å². The highest BCUT2D eigenvalue weighted by molar-refractivity contribution is 8.32. The Bertz CT molecular complexity index is 1470. The Hall–Kier alpha value is -2.85. The van der Waals surface area contributed by atoms with E-state index >= 15 is 0 Å². The molecule has 218 valence electrons. The van der Waals surface area contributed by atoms with Gasteiger partial charge in [0.15, 0.2) is 5.82 Å². The molecule has 4 rings (SSSR count). The first-order valence-electron chi connectivity index (χ1n) is 13.7. The summed E-state index contributed by atoms with van der Waals surface area (Å²) in [6.45, 7) is 13.9. The van der Waals surface area contributed by atoms with Crippen molar-refractivity contribution in [3.8, 4) is 5.82 Å². The van der Waals surface area contributed by atoms with Crippen LogP contribution in [0.5, 0.6) is 0 Å². The summed E-state index contributed by atoms with van der Waals surface area (Å²) < 4.78 is 29.9. The van der Waals surface area contributed by atoms with Crippen molar-refractivity contribution in [3.63, 3.8) is 0 Å². The number of pyridine rings is 1. The topological polar surface area (TPSA) is 97.2 Å². The van der Waals surface area contributed by atoms with Crippen molar-refractivity contribution in [2.45, 2.75) is 69.8 Å². The second kappa shape index (κ2) is 10.9. The zero-order chi connectivity index (χ0) is 29.5. The van der Waals surface area contributed by atoms with E-state index in [-0.39, 0.29) is 21.4 Å². The van der Waals surface area contributed by atoms with Crippen molar-refractivity contribution in [1.29, 1.82) is 0 Å². The van der Waals surface area contributed by atoms with Gasteiger partial charge in [-0.25, -0.2) is 32.8 Å². The van der Waals surface area contributed by atoms with Gasteiger partial charge in [-0.1, -0.05) is 45.9 Å². The van der Waals surface area contributed by atoms with Gasteiger partial charge in [0.1, 0.15) is 10.8 Å². The van der Waals surface area contributed by atoms with E-state index in [1.807, 2.05) is 6.20 Å². The first-order valence-corrected chi connectivity index (χ1v) is 17.8. The van der Waals surface area contributed by atoms with Gasteiger partial charge in [-0.15, -0.1) is 0 Å². The van der Waals surface area contributed by atoms with Crippen LogP contribution in [-0.4, -0.2) is 59.4 Å². The molecule has 0 spiro atoms. The Morgan fingerprint density at radius 3 is 2.35 bits per heavy atom. The van der Waals surface area contributed by atoms with Gasteiger partial charge in [0.05, 0.1) is 10.5 Å². The summed E-state index contributed by atoms with van der Waals surface area (Å²) in [7, 11) is -5.14. The first-order chi connectivity index (χ1) is 18.5. The molecule has 1 fully saturated rings. The van der Waals surface area contributed by atoms with Crippen LogP contribution in [0.25, 0.3) is 5.82 Å². The lowest BCUT2D eigenvalue weighted by molar-refractivity contribution is 0.0981. The lowest BCUT2D eigenvalue weighted by Gasteiger charge is -2.34. The Morgan fingerprint density at radius 1 is 1.07 bits per heavy atom. The van der Waals surface area contributed by atoms with E-state index in [4.69, 9.17) is 10.1 Å². The molecule has 10 heteroatoms. The zero-order valence-electron chi connectivity index (χ0n) is 24.9. The van der Waals surface area contributed by atoms with Crippen molar-refractivity contribution in [3.05, 3.63) is 60.3 Å². The number of amides is 1. The summed E-state index contributed by atoms with van der Waals surface area (Å²) in [5.74, 6) is 1.82. The van der Waals surface area contributed by atoms with Gasteiger partial charge in [0.2, 0.25) is 0 Å². The van der Waals surface area contributed by atoms with Crippen LogP contribution in [0.4, 0.5) is 5.82 Å². The minimum absolute atomic E-state index is 0.0326. The summed E-state index contributed by atoms with van der Waals surface area (Å²) in [6, 6.07) is 13.4. The largest absolute Gasteiger partial charge is 0.350 e. The normalized spacial score (nSPS) is 18.1. The highest BCUT2D eigenvalue weighted by atomic mass is 32.3. The van der Waals surface area contributed by atoms with Gasteiger partial charge in [0.25, 0.3) is 15.9 Å². The third-order valence-corrected chi connectivity index (χ3v) is 11.4. The minimum Gasteiger partial charge on any atom is -0.350 e. The highest BCUT2D eigenvalue weighted by Crippen LogP contribution is 2.50. The molecule has 0 bridgehead atoms. The molecule has 0 unspecified atom stereocenters. The molecule has 1 amide bonds. The predicted molar refractivity (Wildman–Crippen MR) is 164 cm³/mol. The Kier molecular flexibility index (Phi) is 8.17. The SMILES string of the molecule is C[C@@H]1CN(c2nc(-n3ccc(S(C)(C)CCC(C)(C)C)n3)ccc2C(=O)NS(=O)(=O)c2ccccc2)C(C)(C)C1. The molecular formula is C30H43N5O3S2. The molecule has 8 nitrogen and oxygen atoms in total. The molecule has 3 aromatic rings. The summed E-state index contributed by atoms with van der Waals surface area (Å²) in [6.07, 6.45) is 8.55. The lowest BCUT2D eigenvalue weighted by atomic mass is 9.94. The number of hydrogen-bond acceptors (Lipinski definition) is 6. The fourth-order valence-electron chi connectivity index (χ4n) is 5.14. The van der Waals surface area contributed by atoms with Crippen LogP contribution in [0.15, 0.2) is 64.6 Å². The van der Waals surface area contributed by atoms with Gasteiger partial charge in [-0.3, -0.25) is 4.79 Å². The fraction of sp³-hybridized carbons (Fsp3) is 0.500. The monoisotopic (exact) mass is 585 g/mol. The molecule has 1 aliphatic heterocycles. The van der Waals surface area contributed by atoms with E-state index in [0.717, 1.165) is 23.6 Å². The maximum atomic E-state index is 13.5. The predicted octanol–water partition coefficient (Wildman–Crippen LogP) is 5.87. The van der Waals surface area contributed by atoms with Crippen LogP contribution in [0.3, 0.4) is 0 Å². The van der Waals surface area contributed by atoms with E-state index in [9.17, 15) is 13.2 Å². The number of aromatic nitrogens is 3. The van der Waals surface area contributed by atoms with Crippen molar-refractivity contribution < 1.29 is 13.2 Å². The smallest absolute Gasteiger partial charge is 0.268 e. The number of sulfonamides is 1. The van der Waals surface area contributed by atoms with Crippen molar-refractivity contribution in [1.82, 2.24) is 19.5 Å². The second-order valence-electron chi connectivity index (χ2n) is 13.2. The number of hydrogen-bond donors (Lipinski definition) is 1. The van der Waals surface area contributed by atoms with Crippen LogP contribution >= 0.6 is 10.0 Å². The summed E-state index contributed by atoms with van der Waals surface area (Å²) in [5.41, 5.74) is 0.217. The summed E-state index contributed by atoms with van der Waals surface area (Å²) in [4.78, 5) is 20.6. The molecule has 1 saturated heterocycles.